The Bertz CT molecular complexity index is 470. The highest BCUT2D eigenvalue weighted by molar-refractivity contribution is 5.55. The SMILES string of the molecule is C=C1C=CC(C2CC2)=C1Cc1ccccc1. The summed E-state index contributed by atoms with van der Waals surface area (Å²) in [6.45, 7) is 4.15. The van der Waals surface area contributed by atoms with Gasteiger partial charge >= 0.3 is 0 Å². The molecule has 0 heterocycles. The van der Waals surface area contributed by atoms with E-state index in [4.69, 9.17) is 0 Å². The first kappa shape index (κ1) is 9.65. The highest BCUT2D eigenvalue weighted by Crippen LogP contribution is 2.43. The summed E-state index contributed by atoms with van der Waals surface area (Å²) in [7, 11) is 0. The maximum Gasteiger partial charge on any atom is -0.00172 e. The zero-order chi connectivity index (χ0) is 11.0. The summed E-state index contributed by atoms with van der Waals surface area (Å²) < 4.78 is 0. The third kappa shape index (κ3) is 1.76. The predicted octanol–water partition coefficient (Wildman–Crippen LogP) is 4.06. The van der Waals surface area contributed by atoms with Gasteiger partial charge in [0.1, 0.15) is 0 Å². The van der Waals surface area contributed by atoms with Crippen LogP contribution < -0.4 is 0 Å². The maximum atomic E-state index is 4.15. The molecule has 0 aromatic heterocycles. The lowest BCUT2D eigenvalue weighted by Gasteiger charge is -2.08. The number of hydrogen-bond acceptors (Lipinski definition) is 0. The lowest BCUT2D eigenvalue weighted by Crippen LogP contribution is -1.94. The van der Waals surface area contributed by atoms with Crippen molar-refractivity contribution in [3.05, 3.63) is 71.3 Å². The first-order valence-electron chi connectivity index (χ1n) is 5.99. The van der Waals surface area contributed by atoms with E-state index in [0.717, 1.165) is 12.3 Å². The molecule has 0 amide bonds. The lowest BCUT2D eigenvalue weighted by atomic mass is 9.97. The van der Waals surface area contributed by atoms with Crippen molar-refractivity contribution in [2.45, 2.75) is 19.3 Å². The Morgan fingerprint density at radius 2 is 1.81 bits per heavy atom. The normalized spacial score (nSPS) is 19.6. The topological polar surface area (TPSA) is 0 Å². The Hall–Kier alpha value is -1.56. The van der Waals surface area contributed by atoms with E-state index in [0.29, 0.717) is 0 Å². The smallest absolute Gasteiger partial charge is 0.00172 e. The third-order valence-corrected chi connectivity index (χ3v) is 3.44. The van der Waals surface area contributed by atoms with Crippen molar-refractivity contribution < 1.29 is 0 Å². The number of hydrogen-bond donors (Lipinski definition) is 0. The van der Waals surface area contributed by atoms with Gasteiger partial charge in [0.2, 0.25) is 0 Å². The van der Waals surface area contributed by atoms with Gasteiger partial charge in [-0.25, -0.2) is 0 Å². The Morgan fingerprint density at radius 3 is 2.50 bits per heavy atom. The molecule has 16 heavy (non-hydrogen) atoms. The Labute approximate surface area is 97.0 Å². The summed E-state index contributed by atoms with van der Waals surface area (Å²) in [5.41, 5.74) is 5.62. The highest BCUT2D eigenvalue weighted by atomic mass is 14.3. The summed E-state index contributed by atoms with van der Waals surface area (Å²) in [5, 5.41) is 0. The lowest BCUT2D eigenvalue weighted by molar-refractivity contribution is 1.01. The molecule has 1 saturated carbocycles. The zero-order valence-electron chi connectivity index (χ0n) is 9.45. The van der Waals surface area contributed by atoms with Crippen molar-refractivity contribution in [1.29, 1.82) is 0 Å². The van der Waals surface area contributed by atoms with Crippen LogP contribution in [-0.4, -0.2) is 0 Å². The van der Waals surface area contributed by atoms with Crippen molar-refractivity contribution in [2.75, 3.05) is 0 Å². The quantitative estimate of drug-likeness (QED) is 0.702. The fourth-order valence-electron chi connectivity index (χ4n) is 2.37. The average molecular weight is 208 g/mol. The molecule has 0 spiro atoms. The summed E-state index contributed by atoms with van der Waals surface area (Å²) in [6.07, 6.45) is 8.22. The van der Waals surface area contributed by atoms with Crippen LogP contribution in [0.25, 0.3) is 0 Å². The zero-order valence-corrected chi connectivity index (χ0v) is 9.45. The van der Waals surface area contributed by atoms with E-state index < -0.39 is 0 Å². The molecule has 0 nitrogen and oxygen atoms in total. The molecule has 0 unspecified atom stereocenters. The van der Waals surface area contributed by atoms with Gasteiger partial charge in [-0.05, 0) is 47.5 Å². The minimum atomic E-state index is 0.828. The molecule has 1 aromatic carbocycles. The monoisotopic (exact) mass is 208 g/mol. The predicted molar refractivity (Wildman–Crippen MR) is 68.2 cm³/mol. The molecule has 0 bridgehead atoms. The highest BCUT2D eigenvalue weighted by Gasteiger charge is 2.29. The van der Waals surface area contributed by atoms with Gasteiger partial charge in [-0.3, -0.25) is 0 Å². The summed E-state index contributed by atoms with van der Waals surface area (Å²) in [5.74, 6) is 0.828. The van der Waals surface area contributed by atoms with Crippen LogP contribution in [0.2, 0.25) is 0 Å². The fraction of sp³-hybridized carbons (Fsp3) is 0.250. The Kier molecular flexibility index (Phi) is 2.28. The van der Waals surface area contributed by atoms with Crippen molar-refractivity contribution >= 4 is 0 Å². The van der Waals surface area contributed by atoms with Gasteiger partial charge in [0.15, 0.2) is 0 Å². The Morgan fingerprint density at radius 1 is 1.06 bits per heavy atom. The fourth-order valence-corrected chi connectivity index (χ4v) is 2.37. The van der Waals surface area contributed by atoms with E-state index in [1.165, 1.54) is 29.6 Å². The van der Waals surface area contributed by atoms with Gasteiger partial charge in [-0.2, -0.15) is 0 Å². The first-order valence-corrected chi connectivity index (χ1v) is 5.99. The van der Waals surface area contributed by atoms with Crippen LogP contribution in [0.3, 0.4) is 0 Å². The molecule has 0 heteroatoms. The van der Waals surface area contributed by atoms with Gasteiger partial charge in [0.05, 0.1) is 0 Å². The number of benzene rings is 1. The van der Waals surface area contributed by atoms with Crippen molar-refractivity contribution in [2.24, 2.45) is 5.92 Å². The third-order valence-electron chi connectivity index (χ3n) is 3.44. The first-order chi connectivity index (χ1) is 7.84. The molecule has 1 aromatic rings. The second kappa shape index (κ2) is 3.79. The average Bonchev–Trinajstić information content (AvgIpc) is 3.08. The van der Waals surface area contributed by atoms with Crippen LogP contribution in [0.1, 0.15) is 18.4 Å². The van der Waals surface area contributed by atoms with Crippen molar-refractivity contribution in [1.82, 2.24) is 0 Å². The van der Waals surface area contributed by atoms with Gasteiger partial charge in [-0.15, -0.1) is 0 Å². The number of allylic oxidation sites excluding steroid dienone is 5. The van der Waals surface area contributed by atoms with Crippen LogP contribution in [0, 0.1) is 5.92 Å². The molecule has 0 aliphatic heterocycles. The van der Waals surface area contributed by atoms with E-state index in [1.54, 1.807) is 5.57 Å². The van der Waals surface area contributed by atoms with Crippen LogP contribution in [0.15, 0.2) is 65.8 Å². The molecule has 2 aliphatic rings. The summed E-state index contributed by atoms with van der Waals surface area (Å²) in [6, 6.07) is 10.7. The molecule has 0 atom stereocenters. The van der Waals surface area contributed by atoms with E-state index in [-0.39, 0.29) is 0 Å². The molecular formula is C16H16. The largest absolute Gasteiger partial charge is 0.0915 e. The summed E-state index contributed by atoms with van der Waals surface area (Å²) in [4.78, 5) is 0. The number of rotatable bonds is 3. The second-order valence-electron chi connectivity index (χ2n) is 4.73. The van der Waals surface area contributed by atoms with Crippen LogP contribution >= 0.6 is 0 Å². The van der Waals surface area contributed by atoms with E-state index in [1.807, 2.05) is 0 Å². The van der Waals surface area contributed by atoms with Crippen LogP contribution in [0.4, 0.5) is 0 Å². The van der Waals surface area contributed by atoms with Gasteiger partial charge in [0.25, 0.3) is 0 Å². The molecule has 0 N–H and O–H groups in total. The molecular weight excluding hydrogens is 192 g/mol. The standard InChI is InChI=1S/C16H16/c1-12-7-10-15(14-8-9-14)16(12)11-13-5-3-2-4-6-13/h2-7,10,14H,1,8-9,11H2. The van der Waals surface area contributed by atoms with E-state index >= 15 is 0 Å². The Balaban J connectivity index is 1.88. The maximum absolute atomic E-state index is 4.15. The van der Waals surface area contributed by atoms with Crippen molar-refractivity contribution in [3.63, 3.8) is 0 Å². The van der Waals surface area contributed by atoms with Gasteiger partial charge in [0, 0.05) is 0 Å². The molecule has 1 fully saturated rings. The minimum absolute atomic E-state index is 0.828. The summed E-state index contributed by atoms with van der Waals surface area (Å²) >= 11 is 0. The van der Waals surface area contributed by atoms with Crippen LogP contribution in [0.5, 0.6) is 0 Å². The molecule has 80 valence electrons. The minimum Gasteiger partial charge on any atom is -0.0915 e. The van der Waals surface area contributed by atoms with Gasteiger partial charge < -0.3 is 0 Å². The molecule has 0 saturated heterocycles. The molecule has 3 rings (SSSR count). The molecule has 2 aliphatic carbocycles. The van der Waals surface area contributed by atoms with Crippen molar-refractivity contribution in [3.8, 4) is 0 Å². The second-order valence-corrected chi connectivity index (χ2v) is 4.73. The van der Waals surface area contributed by atoms with E-state index in [2.05, 4.69) is 49.1 Å². The van der Waals surface area contributed by atoms with Crippen LogP contribution in [-0.2, 0) is 6.42 Å². The molecule has 0 radical (unpaired) electrons. The van der Waals surface area contributed by atoms with E-state index in [9.17, 15) is 0 Å². The van der Waals surface area contributed by atoms with Gasteiger partial charge in [-0.1, -0.05) is 49.1 Å².